The number of amides is 1. The average molecular weight is 317 g/mol. The number of benzene rings is 1. The number of furan rings is 1. The third kappa shape index (κ3) is 4.69. The van der Waals surface area contributed by atoms with Crippen molar-refractivity contribution in [2.75, 3.05) is 6.54 Å². The van der Waals surface area contributed by atoms with Crippen molar-refractivity contribution in [3.8, 4) is 0 Å². The number of aryl methyl sites for hydroxylation is 1. The molecule has 0 radical (unpaired) electrons. The molecular weight excluding hydrogens is 298 g/mol. The highest BCUT2D eigenvalue weighted by Gasteiger charge is 2.26. The van der Waals surface area contributed by atoms with E-state index in [0.717, 1.165) is 5.56 Å². The number of aromatic carboxylic acids is 1. The van der Waals surface area contributed by atoms with E-state index in [1.54, 1.807) is 31.2 Å². The molecule has 0 fully saturated rings. The number of carboxylic acid groups (broad SMARTS) is 1. The molecule has 1 aromatic carbocycles. The first-order valence-electron chi connectivity index (χ1n) is 7.24. The van der Waals surface area contributed by atoms with Crippen LogP contribution >= 0.6 is 0 Å². The highest BCUT2D eigenvalue weighted by Crippen LogP contribution is 2.19. The van der Waals surface area contributed by atoms with Crippen LogP contribution in [0, 0.1) is 0 Å². The van der Waals surface area contributed by atoms with Crippen molar-refractivity contribution < 1.29 is 24.2 Å². The maximum atomic E-state index is 11.9. The fraction of sp³-hybridized carbons (Fsp3) is 0.294. The molecule has 122 valence electrons. The molecule has 1 heterocycles. The molecule has 2 rings (SSSR count). The Morgan fingerprint density at radius 3 is 2.48 bits per heavy atom. The van der Waals surface area contributed by atoms with Crippen molar-refractivity contribution in [1.29, 1.82) is 0 Å². The molecule has 6 nitrogen and oxygen atoms in total. The van der Waals surface area contributed by atoms with Gasteiger partial charge in [-0.05, 0) is 43.2 Å². The lowest BCUT2D eigenvalue weighted by atomic mass is 10.0. The van der Waals surface area contributed by atoms with Gasteiger partial charge in [-0.15, -0.1) is 0 Å². The lowest BCUT2D eigenvalue weighted by Gasteiger charge is -2.21. The van der Waals surface area contributed by atoms with Gasteiger partial charge in [-0.1, -0.05) is 12.1 Å². The van der Waals surface area contributed by atoms with Crippen LogP contribution in [0.15, 0.2) is 47.1 Å². The number of hydrogen-bond donors (Lipinski definition) is 3. The van der Waals surface area contributed by atoms with Crippen molar-refractivity contribution in [1.82, 2.24) is 5.32 Å². The molecule has 0 aliphatic rings. The van der Waals surface area contributed by atoms with E-state index in [0.29, 0.717) is 12.2 Å². The van der Waals surface area contributed by atoms with Crippen LogP contribution in [-0.2, 0) is 16.8 Å². The molecule has 0 saturated carbocycles. The predicted molar refractivity (Wildman–Crippen MR) is 83.0 cm³/mol. The van der Waals surface area contributed by atoms with E-state index in [1.165, 1.54) is 18.4 Å². The SMILES string of the molecule is CC(O)(CNC(=O)CCc1ccc(C(=O)O)cc1)c1ccco1. The standard InChI is InChI=1S/C17H19NO5/c1-17(22,14-3-2-10-23-14)11-18-15(19)9-6-12-4-7-13(8-5-12)16(20)21/h2-5,7-8,10,22H,6,9,11H2,1H3,(H,18,19)(H,20,21). The minimum absolute atomic E-state index is 0.0529. The van der Waals surface area contributed by atoms with E-state index in [-0.39, 0.29) is 24.4 Å². The van der Waals surface area contributed by atoms with Crippen molar-refractivity contribution in [3.05, 3.63) is 59.5 Å². The summed E-state index contributed by atoms with van der Waals surface area (Å²) < 4.78 is 5.14. The van der Waals surface area contributed by atoms with Crippen LogP contribution in [0.25, 0.3) is 0 Å². The number of carbonyl (C=O) groups is 2. The summed E-state index contributed by atoms with van der Waals surface area (Å²) >= 11 is 0. The molecule has 0 spiro atoms. The van der Waals surface area contributed by atoms with Gasteiger partial charge >= 0.3 is 5.97 Å². The van der Waals surface area contributed by atoms with Crippen LogP contribution in [-0.4, -0.2) is 28.6 Å². The van der Waals surface area contributed by atoms with Crippen LogP contribution in [0.3, 0.4) is 0 Å². The van der Waals surface area contributed by atoms with Gasteiger partial charge in [0.05, 0.1) is 18.4 Å². The summed E-state index contributed by atoms with van der Waals surface area (Å²) in [6.07, 6.45) is 2.21. The van der Waals surface area contributed by atoms with Gasteiger partial charge < -0.3 is 19.9 Å². The number of nitrogens with one attached hydrogen (secondary N) is 1. The van der Waals surface area contributed by atoms with Gasteiger partial charge in [0.1, 0.15) is 11.4 Å². The third-order valence-electron chi connectivity index (χ3n) is 3.52. The Morgan fingerprint density at radius 2 is 1.91 bits per heavy atom. The largest absolute Gasteiger partial charge is 0.478 e. The van der Waals surface area contributed by atoms with Gasteiger partial charge in [-0.3, -0.25) is 4.79 Å². The van der Waals surface area contributed by atoms with Gasteiger partial charge in [0, 0.05) is 6.42 Å². The second kappa shape index (κ2) is 7.11. The Kier molecular flexibility index (Phi) is 5.18. The fourth-order valence-corrected chi connectivity index (χ4v) is 2.10. The van der Waals surface area contributed by atoms with E-state index in [2.05, 4.69) is 5.32 Å². The molecule has 0 saturated heterocycles. The molecule has 23 heavy (non-hydrogen) atoms. The first-order chi connectivity index (χ1) is 10.9. The fourth-order valence-electron chi connectivity index (χ4n) is 2.10. The Hall–Kier alpha value is -2.60. The van der Waals surface area contributed by atoms with Gasteiger partial charge in [-0.2, -0.15) is 0 Å². The Balaban J connectivity index is 1.80. The molecule has 0 bridgehead atoms. The Bertz CT molecular complexity index is 659. The summed E-state index contributed by atoms with van der Waals surface area (Å²) in [5, 5.41) is 21.7. The molecule has 3 N–H and O–H groups in total. The van der Waals surface area contributed by atoms with Crippen LogP contribution in [0.5, 0.6) is 0 Å². The molecule has 0 aliphatic heterocycles. The van der Waals surface area contributed by atoms with E-state index >= 15 is 0 Å². The van der Waals surface area contributed by atoms with E-state index in [1.807, 2.05) is 0 Å². The highest BCUT2D eigenvalue weighted by molar-refractivity contribution is 5.87. The van der Waals surface area contributed by atoms with Crippen LogP contribution < -0.4 is 5.32 Å². The second-order valence-corrected chi connectivity index (χ2v) is 5.53. The van der Waals surface area contributed by atoms with E-state index < -0.39 is 11.6 Å². The van der Waals surface area contributed by atoms with Crippen LogP contribution in [0.2, 0.25) is 0 Å². The summed E-state index contributed by atoms with van der Waals surface area (Å²) in [7, 11) is 0. The normalized spacial score (nSPS) is 13.3. The Morgan fingerprint density at radius 1 is 1.22 bits per heavy atom. The quantitative estimate of drug-likeness (QED) is 0.724. The minimum Gasteiger partial charge on any atom is -0.478 e. The van der Waals surface area contributed by atoms with Gasteiger partial charge in [0.25, 0.3) is 0 Å². The van der Waals surface area contributed by atoms with Crippen LogP contribution in [0.1, 0.15) is 35.0 Å². The molecule has 6 heteroatoms. The molecule has 1 atom stereocenters. The lowest BCUT2D eigenvalue weighted by Crippen LogP contribution is -2.38. The highest BCUT2D eigenvalue weighted by atomic mass is 16.4. The average Bonchev–Trinajstić information content (AvgIpc) is 3.06. The number of carbonyl (C=O) groups excluding carboxylic acids is 1. The van der Waals surface area contributed by atoms with Crippen molar-refractivity contribution in [3.63, 3.8) is 0 Å². The number of carboxylic acids is 1. The summed E-state index contributed by atoms with van der Waals surface area (Å²) in [6, 6.07) is 9.72. The van der Waals surface area contributed by atoms with Gasteiger partial charge in [0.2, 0.25) is 5.91 Å². The first kappa shape index (κ1) is 16.8. The maximum absolute atomic E-state index is 11.9. The summed E-state index contributed by atoms with van der Waals surface area (Å²) in [4.78, 5) is 22.6. The zero-order valence-corrected chi connectivity index (χ0v) is 12.8. The topological polar surface area (TPSA) is 99.8 Å². The maximum Gasteiger partial charge on any atom is 0.335 e. The zero-order chi connectivity index (χ0) is 16.9. The zero-order valence-electron chi connectivity index (χ0n) is 12.8. The first-order valence-corrected chi connectivity index (χ1v) is 7.24. The molecule has 1 aromatic heterocycles. The van der Waals surface area contributed by atoms with Crippen molar-refractivity contribution in [2.24, 2.45) is 0 Å². The second-order valence-electron chi connectivity index (χ2n) is 5.53. The molecule has 2 aromatic rings. The number of rotatable bonds is 7. The van der Waals surface area contributed by atoms with Gasteiger partial charge in [-0.25, -0.2) is 4.79 Å². The molecule has 1 unspecified atom stereocenters. The Labute approximate surface area is 133 Å². The predicted octanol–water partition coefficient (Wildman–Crippen LogP) is 1.93. The lowest BCUT2D eigenvalue weighted by molar-refractivity contribution is -0.122. The summed E-state index contributed by atoms with van der Waals surface area (Å²) in [5.41, 5.74) is -0.168. The van der Waals surface area contributed by atoms with E-state index in [9.17, 15) is 14.7 Å². The van der Waals surface area contributed by atoms with Gasteiger partial charge in [0.15, 0.2) is 0 Å². The molecule has 1 amide bonds. The number of aliphatic hydroxyl groups is 1. The monoisotopic (exact) mass is 317 g/mol. The van der Waals surface area contributed by atoms with Crippen molar-refractivity contribution >= 4 is 11.9 Å². The van der Waals surface area contributed by atoms with Crippen LogP contribution in [0.4, 0.5) is 0 Å². The summed E-state index contributed by atoms with van der Waals surface area (Å²) in [5.74, 6) is -0.782. The number of hydrogen-bond acceptors (Lipinski definition) is 4. The van der Waals surface area contributed by atoms with E-state index in [4.69, 9.17) is 9.52 Å². The smallest absolute Gasteiger partial charge is 0.335 e. The van der Waals surface area contributed by atoms with Crippen molar-refractivity contribution in [2.45, 2.75) is 25.4 Å². The third-order valence-corrected chi connectivity index (χ3v) is 3.52. The molecule has 0 aliphatic carbocycles. The minimum atomic E-state index is -1.26. The summed E-state index contributed by atoms with van der Waals surface area (Å²) in [6.45, 7) is 1.62. The molecular formula is C17H19NO5.